The molecule has 9 N–H and O–H groups in total. The first-order valence-electron chi connectivity index (χ1n) is 13.5. The Morgan fingerprint density at radius 2 is 1.51 bits per heavy atom. The van der Waals surface area contributed by atoms with Crippen LogP contribution in [0, 0.1) is 0 Å². The minimum Gasteiger partial charge on any atom is -0.507 e. The zero-order chi connectivity index (χ0) is 31.6. The molecule has 2 heterocycles. The Kier molecular flexibility index (Phi) is 10.3. The lowest BCUT2D eigenvalue weighted by Gasteiger charge is -2.45. The van der Waals surface area contributed by atoms with Gasteiger partial charge in [-0.15, -0.1) is 0 Å². The molecule has 0 amide bonds. The Bertz CT molecular complexity index is 1250. The van der Waals surface area contributed by atoms with Crippen LogP contribution in [-0.4, -0.2) is 127 Å². The minimum absolute atomic E-state index is 0.110. The molecule has 2 aromatic carbocycles. The van der Waals surface area contributed by atoms with Gasteiger partial charge in [-0.25, -0.2) is 0 Å². The normalized spacial score (nSPS) is 32.7. The van der Waals surface area contributed by atoms with E-state index in [9.17, 15) is 50.8 Å². The topological polar surface area (TPSA) is 245 Å². The Balaban J connectivity index is 1.51. The van der Waals surface area contributed by atoms with Crippen LogP contribution in [0.3, 0.4) is 0 Å². The molecule has 2 aromatic rings. The molecule has 238 valence electrons. The van der Waals surface area contributed by atoms with Crippen molar-refractivity contribution in [3.05, 3.63) is 41.5 Å². The number of rotatable bonds is 10. The number of methoxy groups -OCH3 is 1. The lowest BCUT2D eigenvalue weighted by atomic mass is 9.97. The molecule has 0 spiro atoms. The number of carbonyl (C=O) groups excluding carboxylic acids is 1. The van der Waals surface area contributed by atoms with Crippen LogP contribution in [0.2, 0.25) is 0 Å². The highest BCUT2D eigenvalue weighted by molar-refractivity contribution is 6.01. The fourth-order valence-corrected chi connectivity index (χ4v) is 4.93. The standard InChI is InChI=1S/C28H36O15/c1-11-21(34)23(36)25(38)27(40-11)43-26-24(37)22(35)19(10-29)42-28(26)41-13-8-16(32)20(17(33)9-13)14(30)5-3-12-4-6-18(39-2)15(31)7-12/h4,6-9,11,19,21-29,31-38H,3,5,10H2,1-2H3/t11-,19+,21-,22+,23+,24-,25+,26+,27-,28?/m0/s1. The number of hydrogen-bond donors (Lipinski definition) is 9. The van der Waals surface area contributed by atoms with Crippen LogP contribution in [0.15, 0.2) is 30.3 Å². The van der Waals surface area contributed by atoms with E-state index in [1.54, 1.807) is 6.07 Å². The average Bonchev–Trinajstić information content (AvgIpc) is 2.96. The SMILES string of the molecule is COc1ccc(CCC(=O)c2c(O)cc(OC3O[C@H](CO)[C@@H](O)[C@H](O)[C@H]3O[C@@H]3O[C@@H](C)[C@H](O)[C@@H](O)[C@H]3O)cc2O)cc1O. The molecule has 15 heteroatoms. The average molecular weight is 613 g/mol. The van der Waals surface area contributed by atoms with E-state index >= 15 is 0 Å². The maximum absolute atomic E-state index is 12.9. The minimum atomic E-state index is -1.79. The number of aliphatic hydroxyl groups is 6. The number of carbonyl (C=O) groups is 1. The van der Waals surface area contributed by atoms with E-state index in [1.165, 1.54) is 26.2 Å². The highest BCUT2D eigenvalue weighted by Crippen LogP contribution is 2.37. The van der Waals surface area contributed by atoms with Crippen molar-refractivity contribution < 1.29 is 74.4 Å². The summed E-state index contributed by atoms with van der Waals surface area (Å²) in [4.78, 5) is 12.9. The monoisotopic (exact) mass is 612 g/mol. The fourth-order valence-electron chi connectivity index (χ4n) is 4.93. The number of ether oxygens (including phenoxy) is 5. The Morgan fingerprint density at radius 3 is 2.12 bits per heavy atom. The Hall–Kier alpha value is -3.25. The molecule has 2 fully saturated rings. The first-order chi connectivity index (χ1) is 20.4. The molecular formula is C28H36O15. The van der Waals surface area contributed by atoms with Gasteiger partial charge in [0.05, 0.1) is 19.8 Å². The molecule has 10 atom stereocenters. The van der Waals surface area contributed by atoms with Gasteiger partial charge in [0.25, 0.3) is 0 Å². The third kappa shape index (κ3) is 6.95. The number of aromatic hydroxyl groups is 3. The van der Waals surface area contributed by atoms with Crippen molar-refractivity contribution in [1.29, 1.82) is 0 Å². The molecule has 1 unspecified atom stereocenters. The van der Waals surface area contributed by atoms with E-state index in [4.69, 9.17) is 23.7 Å². The first-order valence-corrected chi connectivity index (χ1v) is 13.5. The second-order valence-corrected chi connectivity index (χ2v) is 10.4. The van der Waals surface area contributed by atoms with Crippen LogP contribution in [0.5, 0.6) is 28.7 Å². The van der Waals surface area contributed by atoms with E-state index in [2.05, 4.69) is 0 Å². The molecule has 2 saturated heterocycles. The summed E-state index contributed by atoms with van der Waals surface area (Å²) in [6, 6.07) is 6.59. The van der Waals surface area contributed by atoms with Gasteiger partial charge < -0.3 is 69.6 Å². The van der Waals surface area contributed by atoms with Gasteiger partial charge in [-0.1, -0.05) is 6.07 Å². The molecule has 0 saturated carbocycles. The van der Waals surface area contributed by atoms with Crippen LogP contribution in [-0.2, 0) is 20.6 Å². The second-order valence-electron chi connectivity index (χ2n) is 10.4. The number of aryl methyl sites for hydroxylation is 1. The number of ketones is 1. The van der Waals surface area contributed by atoms with Crippen LogP contribution >= 0.6 is 0 Å². The molecule has 15 nitrogen and oxygen atoms in total. The summed E-state index contributed by atoms with van der Waals surface area (Å²) in [6.07, 6.45) is -15.5. The van der Waals surface area contributed by atoms with Crippen LogP contribution in [0.25, 0.3) is 0 Å². The molecule has 2 aliphatic heterocycles. The number of hydrogen-bond acceptors (Lipinski definition) is 15. The summed E-state index contributed by atoms with van der Waals surface area (Å²) in [5.41, 5.74) is 0.208. The molecule has 4 rings (SSSR count). The molecule has 0 aromatic heterocycles. The van der Waals surface area contributed by atoms with Crippen molar-refractivity contribution in [3.63, 3.8) is 0 Å². The summed E-state index contributed by atoms with van der Waals surface area (Å²) < 4.78 is 27.2. The Labute approximate surface area is 245 Å². The predicted octanol–water partition coefficient (Wildman–Crippen LogP) is -1.34. The van der Waals surface area contributed by atoms with Crippen LogP contribution in [0.4, 0.5) is 0 Å². The summed E-state index contributed by atoms with van der Waals surface area (Å²) in [6.45, 7) is 0.662. The number of aliphatic hydroxyl groups excluding tert-OH is 6. The van der Waals surface area contributed by atoms with Crippen molar-refractivity contribution in [2.75, 3.05) is 13.7 Å². The van der Waals surface area contributed by atoms with Crippen LogP contribution in [0.1, 0.15) is 29.3 Å². The van der Waals surface area contributed by atoms with E-state index < -0.39 is 90.9 Å². The zero-order valence-corrected chi connectivity index (χ0v) is 23.3. The van der Waals surface area contributed by atoms with Crippen molar-refractivity contribution in [2.24, 2.45) is 0 Å². The molecular weight excluding hydrogens is 576 g/mol. The van der Waals surface area contributed by atoms with E-state index in [-0.39, 0.29) is 30.1 Å². The number of phenols is 3. The zero-order valence-electron chi connectivity index (χ0n) is 23.3. The highest BCUT2D eigenvalue weighted by Gasteiger charge is 2.51. The van der Waals surface area contributed by atoms with Gasteiger partial charge in [0, 0.05) is 18.6 Å². The van der Waals surface area contributed by atoms with Crippen LogP contribution < -0.4 is 9.47 Å². The largest absolute Gasteiger partial charge is 0.507 e. The van der Waals surface area contributed by atoms with E-state index in [0.29, 0.717) is 5.56 Å². The van der Waals surface area contributed by atoms with Crippen molar-refractivity contribution >= 4 is 5.78 Å². The highest BCUT2D eigenvalue weighted by atomic mass is 16.8. The smallest absolute Gasteiger partial charge is 0.229 e. The lowest BCUT2D eigenvalue weighted by Crippen LogP contribution is -2.64. The van der Waals surface area contributed by atoms with Gasteiger partial charge in [0.15, 0.2) is 29.7 Å². The Morgan fingerprint density at radius 1 is 0.837 bits per heavy atom. The van der Waals surface area contributed by atoms with Gasteiger partial charge in [0.2, 0.25) is 6.29 Å². The first kappa shape index (κ1) is 32.7. The third-order valence-electron chi connectivity index (χ3n) is 7.41. The lowest BCUT2D eigenvalue weighted by molar-refractivity contribution is -0.354. The number of benzene rings is 2. The summed E-state index contributed by atoms with van der Waals surface area (Å²) in [5, 5.41) is 92.3. The van der Waals surface area contributed by atoms with Crippen molar-refractivity contribution in [1.82, 2.24) is 0 Å². The van der Waals surface area contributed by atoms with Gasteiger partial charge in [-0.3, -0.25) is 4.79 Å². The maximum atomic E-state index is 12.9. The number of phenolic OH excluding ortho intramolecular Hbond substituents is 3. The summed E-state index contributed by atoms with van der Waals surface area (Å²) in [7, 11) is 1.40. The van der Waals surface area contributed by atoms with Crippen molar-refractivity contribution in [3.8, 4) is 28.7 Å². The van der Waals surface area contributed by atoms with Gasteiger partial charge in [-0.05, 0) is 31.0 Å². The maximum Gasteiger partial charge on any atom is 0.229 e. The van der Waals surface area contributed by atoms with Gasteiger partial charge in [0.1, 0.15) is 59.4 Å². The number of Topliss-reactive ketones (excluding diaryl/α,β-unsaturated/α-hetero) is 1. The predicted molar refractivity (Wildman–Crippen MR) is 143 cm³/mol. The van der Waals surface area contributed by atoms with Gasteiger partial charge >= 0.3 is 0 Å². The van der Waals surface area contributed by atoms with Gasteiger partial charge in [-0.2, -0.15) is 0 Å². The summed E-state index contributed by atoms with van der Waals surface area (Å²) >= 11 is 0. The quantitative estimate of drug-likeness (QED) is 0.141. The molecule has 0 radical (unpaired) electrons. The third-order valence-corrected chi connectivity index (χ3v) is 7.41. The molecule has 0 aliphatic carbocycles. The summed E-state index contributed by atoms with van der Waals surface area (Å²) in [5.74, 6) is -2.04. The molecule has 0 bridgehead atoms. The van der Waals surface area contributed by atoms with E-state index in [0.717, 1.165) is 12.1 Å². The molecule has 43 heavy (non-hydrogen) atoms. The van der Waals surface area contributed by atoms with E-state index in [1.807, 2.05) is 0 Å². The fraction of sp³-hybridized carbons (Fsp3) is 0.536. The van der Waals surface area contributed by atoms with Crippen molar-refractivity contribution in [2.45, 2.75) is 81.2 Å². The molecule has 2 aliphatic rings. The second kappa shape index (κ2) is 13.6.